The number of carbonyl (C=O) groups excluding carboxylic acids is 2. The molecule has 0 aromatic heterocycles. The van der Waals surface area contributed by atoms with Gasteiger partial charge in [0.25, 0.3) is 0 Å². The zero-order chi connectivity index (χ0) is 14.6. The third kappa shape index (κ3) is 8.41. The first-order chi connectivity index (χ1) is 9.70. The summed E-state index contributed by atoms with van der Waals surface area (Å²) in [4.78, 5) is 24.3. The summed E-state index contributed by atoms with van der Waals surface area (Å²) in [5.41, 5.74) is 0. The van der Waals surface area contributed by atoms with Crippen LogP contribution in [0.25, 0.3) is 0 Å². The first kappa shape index (κ1) is 17.3. The number of nitrogens with zero attached hydrogens (tertiary/aromatic N) is 1. The van der Waals surface area contributed by atoms with E-state index in [1.807, 2.05) is 0 Å². The Labute approximate surface area is 126 Å². The lowest BCUT2D eigenvalue weighted by molar-refractivity contribution is -0.144. The second-order valence-electron chi connectivity index (χ2n) is 5.39. The van der Waals surface area contributed by atoms with Gasteiger partial charge in [0.1, 0.15) is 6.61 Å². The summed E-state index contributed by atoms with van der Waals surface area (Å²) in [7, 11) is 0. The van der Waals surface area contributed by atoms with Crippen molar-refractivity contribution in [1.82, 2.24) is 4.90 Å². The Morgan fingerprint density at radius 3 is 2.05 bits per heavy atom. The van der Waals surface area contributed by atoms with Gasteiger partial charge in [0, 0.05) is 13.0 Å². The van der Waals surface area contributed by atoms with Gasteiger partial charge in [-0.1, -0.05) is 44.9 Å². The van der Waals surface area contributed by atoms with Crippen LogP contribution in [0, 0.1) is 0 Å². The molecule has 4 nitrogen and oxygen atoms in total. The van der Waals surface area contributed by atoms with Crippen molar-refractivity contribution in [2.75, 3.05) is 19.7 Å². The molecular weight excluding hydrogens is 278 g/mol. The molecule has 0 N–H and O–H groups in total. The Hall–Kier alpha value is -0.770. The van der Waals surface area contributed by atoms with Crippen LogP contribution in [0.15, 0.2) is 0 Å². The molecule has 0 spiro atoms. The Bertz CT molecular complexity index is 297. The van der Waals surface area contributed by atoms with E-state index < -0.39 is 5.37 Å². The van der Waals surface area contributed by atoms with E-state index in [0.29, 0.717) is 19.5 Å². The number of cyclic esters (lactones) is 1. The third-order valence-corrected chi connectivity index (χ3v) is 3.92. The smallest absolute Gasteiger partial charge is 0.316 e. The van der Waals surface area contributed by atoms with Crippen LogP contribution in [-0.4, -0.2) is 35.9 Å². The van der Waals surface area contributed by atoms with Crippen LogP contribution in [-0.2, 0) is 9.53 Å². The molecule has 0 radical (unpaired) electrons. The zero-order valence-corrected chi connectivity index (χ0v) is 13.0. The Morgan fingerprint density at radius 2 is 1.45 bits per heavy atom. The van der Waals surface area contributed by atoms with Crippen LogP contribution in [0.5, 0.6) is 0 Å². The van der Waals surface area contributed by atoms with Crippen molar-refractivity contribution in [3.05, 3.63) is 0 Å². The number of hydrogen-bond donors (Lipinski definition) is 0. The molecule has 1 aliphatic rings. The van der Waals surface area contributed by atoms with E-state index >= 15 is 0 Å². The molecular formula is C15H26ClNO3. The average molecular weight is 304 g/mol. The molecule has 1 rings (SSSR count). The molecule has 1 amide bonds. The monoisotopic (exact) mass is 303 g/mol. The minimum absolute atomic E-state index is 0.168. The number of ether oxygens (including phenoxy) is 1. The predicted molar refractivity (Wildman–Crippen MR) is 80.0 cm³/mol. The van der Waals surface area contributed by atoms with Crippen LogP contribution >= 0.6 is 11.6 Å². The Balaban J connectivity index is 2.35. The molecule has 1 heterocycles. The van der Waals surface area contributed by atoms with Crippen LogP contribution in [0.2, 0.25) is 0 Å². The highest BCUT2D eigenvalue weighted by atomic mass is 35.5. The van der Waals surface area contributed by atoms with Gasteiger partial charge in [0.05, 0.1) is 6.54 Å². The SMILES string of the molecule is O=C1CCCCCCCCCCCN(C(=O)Cl)CCO1. The lowest BCUT2D eigenvalue weighted by atomic mass is 10.1. The second-order valence-corrected chi connectivity index (χ2v) is 5.72. The largest absolute Gasteiger partial charge is 0.464 e. The van der Waals surface area contributed by atoms with Gasteiger partial charge in [-0.05, 0) is 24.4 Å². The molecule has 1 fully saturated rings. The topological polar surface area (TPSA) is 46.6 Å². The lowest BCUT2D eigenvalue weighted by Gasteiger charge is -2.19. The van der Waals surface area contributed by atoms with Gasteiger partial charge >= 0.3 is 11.3 Å². The quantitative estimate of drug-likeness (QED) is 0.384. The van der Waals surface area contributed by atoms with Crippen molar-refractivity contribution in [3.63, 3.8) is 0 Å². The van der Waals surface area contributed by atoms with E-state index in [-0.39, 0.29) is 12.6 Å². The van der Waals surface area contributed by atoms with Gasteiger partial charge in [-0.25, -0.2) is 0 Å². The minimum Gasteiger partial charge on any atom is -0.464 e. The molecule has 1 aliphatic heterocycles. The number of amides is 1. The predicted octanol–water partition coefficient (Wildman–Crippen LogP) is 4.11. The maximum atomic E-state index is 11.5. The Morgan fingerprint density at radius 1 is 0.900 bits per heavy atom. The van der Waals surface area contributed by atoms with E-state index in [1.165, 1.54) is 32.1 Å². The highest BCUT2D eigenvalue weighted by Crippen LogP contribution is 2.12. The molecule has 116 valence electrons. The van der Waals surface area contributed by atoms with Crippen LogP contribution < -0.4 is 0 Å². The number of esters is 1. The first-order valence-electron chi connectivity index (χ1n) is 7.80. The highest BCUT2D eigenvalue weighted by Gasteiger charge is 2.11. The molecule has 1 saturated heterocycles. The molecule has 20 heavy (non-hydrogen) atoms. The maximum absolute atomic E-state index is 11.5. The number of carbonyl (C=O) groups is 2. The van der Waals surface area contributed by atoms with Gasteiger partial charge in [0.15, 0.2) is 0 Å². The van der Waals surface area contributed by atoms with Crippen molar-refractivity contribution in [3.8, 4) is 0 Å². The molecule has 0 aromatic rings. The summed E-state index contributed by atoms with van der Waals surface area (Å²) in [6.45, 7) is 1.30. The standard InChI is InChI=1S/C15H26ClNO3/c16-15(19)17-11-9-7-5-3-1-2-4-6-8-10-14(18)20-13-12-17/h1-13H2. The molecule has 5 heteroatoms. The molecule has 0 bridgehead atoms. The fraction of sp³-hybridized carbons (Fsp3) is 0.867. The molecule has 0 saturated carbocycles. The van der Waals surface area contributed by atoms with Gasteiger partial charge in [-0.15, -0.1) is 0 Å². The summed E-state index contributed by atoms with van der Waals surface area (Å²) in [5, 5.41) is -0.456. The zero-order valence-electron chi connectivity index (χ0n) is 12.2. The van der Waals surface area contributed by atoms with E-state index in [0.717, 1.165) is 25.7 Å². The van der Waals surface area contributed by atoms with Gasteiger partial charge in [-0.2, -0.15) is 0 Å². The van der Waals surface area contributed by atoms with Crippen molar-refractivity contribution >= 4 is 22.9 Å². The van der Waals surface area contributed by atoms with Gasteiger partial charge < -0.3 is 9.64 Å². The number of halogens is 1. The second kappa shape index (κ2) is 11.0. The summed E-state index contributed by atoms with van der Waals surface area (Å²) >= 11 is 5.54. The summed E-state index contributed by atoms with van der Waals surface area (Å²) in [6.07, 6.45) is 10.8. The van der Waals surface area contributed by atoms with E-state index in [1.54, 1.807) is 4.90 Å². The molecule has 0 unspecified atom stereocenters. The van der Waals surface area contributed by atoms with E-state index in [4.69, 9.17) is 16.3 Å². The molecule has 0 aromatic carbocycles. The fourth-order valence-electron chi connectivity index (χ4n) is 2.44. The van der Waals surface area contributed by atoms with Crippen molar-refractivity contribution in [1.29, 1.82) is 0 Å². The van der Waals surface area contributed by atoms with Crippen LogP contribution in [0.4, 0.5) is 4.79 Å². The van der Waals surface area contributed by atoms with Gasteiger partial charge in [0.2, 0.25) is 0 Å². The van der Waals surface area contributed by atoms with Crippen LogP contribution in [0.1, 0.15) is 64.2 Å². The number of rotatable bonds is 0. The minimum atomic E-state index is -0.456. The van der Waals surface area contributed by atoms with Crippen LogP contribution in [0.3, 0.4) is 0 Å². The van der Waals surface area contributed by atoms with E-state index in [2.05, 4.69) is 0 Å². The summed E-state index contributed by atoms with van der Waals surface area (Å²) in [6, 6.07) is 0. The highest BCUT2D eigenvalue weighted by molar-refractivity contribution is 6.62. The third-order valence-electron chi connectivity index (χ3n) is 3.68. The van der Waals surface area contributed by atoms with Gasteiger partial charge in [-0.3, -0.25) is 9.59 Å². The van der Waals surface area contributed by atoms with Crippen molar-refractivity contribution in [2.24, 2.45) is 0 Å². The summed E-state index contributed by atoms with van der Waals surface area (Å²) in [5.74, 6) is -0.168. The maximum Gasteiger partial charge on any atom is 0.316 e. The lowest BCUT2D eigenvalue weighted by Crippen LogP contribution is -2.31. The molecule has 0 aliphatic carbocycles. The first-order valence-corrected chi connectivity index (χ1v) is 8.18. The average Bonchev–Trinajstić information content (AvgIpc) is 2.41. The normalized spacial score (nSPS) is 21.2. The number of hydrogen-bond acceptors (Lipinski definition) is 3. The molecule has 0 atom stereocenters. The Kier molecular flexibility index (Phi) is 9.46. The summed E-state index contributed by atoms with van der Waals surface area (Å²) < 4.78 is 5.13. The fourth-order valence-corrected chi connectivity index (χ4v) is 2.61. The van der Waals surface area contributed by atoms with Crippen molar-refractivity contribution < 1.29 is 14.3 Å². The van der Waals surface area contributed by atoms with E-state index in [9.17, 15) is 9.59 Å². The van der Waals surface area contributed by atoms with Crippen molar-refractivity contribution in [2.45, 2.75) is 64.2 Å².